The Bertz CT molecular complexity index is 818. The Hall–Kier alpha value is -2.74. The van der Waals surface area contributed by atoms with Crippen LogP contribution in [0.25, 0.3) is 16.3 Å². The van der Waals surface area contributed by atoms with Crippen LogP contribution in [0.4, 0.5) is 4.79 Å². The number of benzene rings is 1. The van der Waals surface area contributed by atoms with Crippen molar-refractivity contribution in [3.8, 4) is 0 Å². The first-order valence-corrected chi connectivity index (χ1v) is 8.83. The second kappa shape index (κ2) is 8.09. The summed E-state index contributed by atoms with van der Waals surface area (Å²) in [6, 6.07) is 6.99. The van der Waals surface area contributed by atoms with E-state index in [0.29, 0.717) is 5.01 Å². The number of imide groups is 1. The molecule has 1 aromatic carbocycles. The molecule has 26 heavy (non-hydrogen) atoms. The lowest BCUT2D eigenvalue weighted by atomic mass is 10.1. The first-order valence-electron chi connectivity index (χ1n) is 8.01. The first kappa shape index (κ1) is 19.6. The number of amides is 3. The molecule has 1 aromatic heterocycles. The summed E-state index contributed by atoms with van der Waals surface area (Å²) >= 11 is 1.44. The summed E-state index contributed by atoms with van der Waals surface area (Å²) in [6.45, 7) is 6.75. The molecule has 0 aliphatic rings. The van der Waals surface area contributed by atoms with Crippen LogP contribution in [-0.2, 0) is 14.3 Å². The summed E-state index contributed by atoms with van der Waals surface area (Å²) in [6.07, 6.45) is 1.63. The number of nitrogens with zero attached hydrogens (tertiary/aromatic N) is 1. The maximum Gasteiger partial charge on any atom is 0.331 e. The third kappa shape index (κ3) is 5.96. The number of para-hydroxylation sites is 1. The lowest BCUT2D eigenvalue weighted by molar-refractivity contribution is -0.149. The summed E-state index contributed by atoms with van der Waals surface area (Å²) in [5, 5.41) is 5.38. The smallest absolute Gasteiger partial charge is 0.331 e. The Morgan fingerprint density at radius 1 is 1.23 bits per heavy atom. The number of ether oxygens (including phenoxy) is 1. The molecule has 0 bridgehead atoms. The number of carbonyl (C=O) groups excluding carboxylic acids is 3. The predicted molar refractivity (Wildman–Crippen MR) is 101 cm³/mol. The molecule has 8 heteroatoms. The Morgan fingerprint density at radius 3 is 2.58 bits per heavy atom. The van der Waals surface area contributed by atoms with Gasteiger partial charge in [0.1, 0.15) is 5.01 Å². The van der Waals surface area contributed by atoms with Crippen molar-refractivity contribution in [2.75, 3.05) is 0 Å². The monoisotopic (exact) mass is 375 g/mol. The summed E-state index contributed by atoms with van der Waals surface area (Å²) in [5.41, 5.74) is 0.368. The molecule has 7 nitrogen and oxygen atoms in total. The van der Waals surface area contributed by atoms with E-state index < -0.39 is 29.6 Å². The second-order valence-electron chi connectivity index (χ2n) is 6.63. The molecule has 0 aliphatic carbocycles. The minimum absolute atomic E-state index is 0.482. The van der Waals surface area contributed by atoms with Crippen molar-refractivity contribution in [2.24, 2.45) is 0 Å². The summed E-state index contributed by atoms with van der Waals surface area (Å²) < 4.78 is 6.01. The number of fused-ring (bicyclic) bond motifs is 1. The minimum Gasteiger partial charge on any atom is -0.449 e. The Balaban J connectivity index is 1.87. The molecule has 138 valence electrons. The molecule has 0 unspecified atom stereocenters. The van der Waals surface area contributed by atoms with Gasteiger partial charge in [-0.1, -0.05) is 12.1 Å². The van der Waals surface area contributed by atoms with Crippen molar-refractivity contribution >= 4 is 45.5 Å². The third-order valence-corrected chi connectivity index (χ3v) is 4.06. The Morgan fingerprint density at radius 2 is 1.92 bits per heavy atom. The number of nitrogens with one attached hydrogen (secondary N) is 2. The van der Waals surface area contributed by atoms with E-state index in [2.05, 4.69) is 15.6 Å². The highest BCUT2D eigenvalue weighted by Crippen LogP contribution is 2.22. The van der Waals surface area contributed by atoms with E-state index in [1.807, 2.05) is 24.3 Å². The van der Waals surface area contributed by atoms with Crippen LogP contribution < -0.4 is 10.6 Å². The highest BCUT2D eigenvalue weighted by atomic mass is 32.1. The Labute approximate surface area is 155 Å². The second-order valence-corrected chi connectivity index (χ2v) is 7.69. The minimum atomic E-state index is -1.10. The van der Waals surface area contributed by atoms with Crippen molar-refractivity contribution in [3.63, 3.8) is 0 Å². The lowest BCUT2D eigenvalue weighted by Crippen LogP contribution is -2.50. The summed E-state index contributed by atoms with van der Waals surface area (Å²) in [5.74, 6) is -1.39. The maximum atomic E-state index is 11.9. The van der Waals surface area contributed by atoms with E-state index in [-0.39, 0.29) is 0 Å². The molecule has 0 radical (unpaired) electrons. The van der Waals surface area contributed by atoms with Gasteiger partial charge in [-0.15, -0.1) is 11.3 Å². The van der Waals surface area contributed by atoms with Crippen LogP contribution in [0, 0.1) is 0 Å². The number of aromatic nitrogens is 1. The predicted octanol–water partition coefficient (Wildman–Crippen LogP) is 2.87. The van der Waals surface area contributed by atoms with Crippen LogP contribution in [0.1, 0.15) is 32.7 Å². The molecule has 0 spiro atoms. The molecular formula is C18H21N3O4S. The van der Waals surface area contributed by atoms with Gasteiger partial charge in [0.2, 0.25) is 0 Å². The largest absolute Gasteiger partial charge is 0.449 e. The van der Waals surface area contributed by atoms with Crippen molar-refractivity contribution in [1.29, 1.82) is 0 Å². The Kier molecular flexibility index (Phi) is 6.10. The first-order chi connectivity index (χ1) is 12.1. The molecule has 0 saturated carbocycles. The number of urea groups is 1. The molecule has 0 aliphatic heterocycles. The number of esters is 1. The highest BCUT2D eigenvalue weighted by Gasteiger charge is 2.21. The molecular weight excluding hydrogens is 354 g/mol. The molecule has 2 aromatic rings. The van der Waals surface area contributed by atoms with Crippen LogP contribution in [0.2, 0.25) is 0 Å². The van der Waals surface area contributed by atoms with Crippen LogP contribution in [0.15, 0.2) is 30.3 Å². The lowest BCUT2D eigenvalue weighted by Gasteiger charge is -2.21. The van der Waals surface area contributed by atoms with Gasteiger partial charge in [-0.25, -0.2) is 14.6 Å². The van der Waals surface area contributed by atoms with Crippen molar-refractivity contribution in [2.45, 2.75) is 39.3 Å². The summed E-state index contributed by atoms with van der Waals surface area (Å²) in [7, 11) is 0. The highest BCUT2D eigenvalue weighted by molar-refractivity contribution is 7.19. The summed E-state index contributed by atoms with van der Waals surface area (Å²) in [4.78, 5) is 39.7. The quantitative estimate of drug-likeness (QED) is 0.633. The van der Waals surface area contributed by atoms with Gasteiger partial charge in [0.05, 0.1) is 10.2 Å². The molecule has 2 rings (SSSR count). The fraction of sp³-hybridized carbons (Fsp3) is 0.333. The zero-order valence-electron chi connectivity index (χ0n) is 15.0. The van der Waals surface area contributed by atoms with E-state index in [1.54, 1.807) is 20.8 Å². The van der Waals surface area contributed by atoms with E-state index in [1.165, 1.54) is 30.4 Å². The van der Waals surface area contributed by atoms with Crippen LogP contribution in [0.5, 0.6) is 0 Å². The SMILES string of the molecule is C[C@H](OC(=O)/C=C/c1nc2ccccc2s1)C(=O)NC(=O)NC(C)(C)C. The van der Waals surface area contributed by atoms with Crippen LogP contribution in [-0.4, -0.2) is 34.5 Å². The number of hydrogen-bond donors (Lipinski definition) is 2. The van der Waals surface area contributed by atoms with Gasteiger partial charge in [-0.2, -0.15) is 0 Å². The van der Waals surface area contributed by atoms with Gasteiger partial charge in [-0.3, -0.25) is 10.1 Å². The van der Waals surface area contributed by atoms with Crippen LogP contribution >= 0.6 is 11.3 Å². The topological polar surface area (TPSA) is 97.4 Å². The normalized spacial score (nSPS) is 12.8. The van der Waals surface area contributed by atoms with Gasteiger partial charge in [0.15, 0.2) is 6.10 Å². The van der Waals surface area contributed by atoms with Crippen molar-refractivity contribution < 1.29 is 19.1 Å². The fourth-order valence-electron chi connectivity index (χ4n) is 1.95. The standard InChI is InChI=1S/C18H21N3O4S/c1-11(16(23)20-17(24)21-18(2,3)4)25-15(22)10-9-14-19-12-7-5-6-8-13(12)26-14/h5-11H,1-4H3,(H2,20,21,23,24)/b10-9+/t11-/m0/s1. The molecule has 1 atom stereocenters. The van der Waals surface area contributed by atoms with Crippen molar-refractivity contribution in [3.05, 3.63) is 35.3 Å². The van der Waals surface area contributed by atoms with Crippen LogP contribution in [0.3, 0.4) is 0 Å². The van der Waals surface area contributed by atoms with Gasteiger partial charge < -0.3 is 10.1 Å². The van der Waals surface area contributed by atoms with Gasteiger partial charge in [0, 0.05) is 11.6 Å². The number of thiazole rings is 1. The van der Waals surface area contributed by atoms with Gasteiger partial charge >= 0.3 is 12.0 Å². The molecule has 0 saturated heterocycles. The fourth-order valence-corrected chi connectivity index (χ4v) is 2.82. The number of carbonyl (C=O) groups is 3. The number of rotatable bonds is 4. The zero-order valence-corrected chi connectivity index (χ0v) is 15.8. The average molecular weight is 375 g/mol. The molecule has 0 fully saturated rings. The van der Waals surface area contributed by atoms with Gasteiger partial charge in [-0.05, 0) is 45.9 Å². The molecule has 1 heterocycles. The third-order valence-electron chi connectivity index (χ3n) is 3.06. The van der Waals surface area contributed by atoms with Gasteiger partial charge in [0.25, 0.3) is 5.91 Å². The van der Waals surface area contributed by atoms with E-state index >= 15 is 0 Å². The number of hydrogen-bond acceptors (Lipinski definition) is 6. The van der Waals surface area contributed by atoms with Crippen molar-refractivity contribution in [1.82, 2.24) is 15.6 Å². The van der Waals surface area contributed by atoms with E-state index in [0.717, 1.165) is 10.2 Å². The average Bonchev–Trinajstić information content (AvgIpc) is 2.93. The van der Waals surface area contributed by atoms with E-state index in [4.69, 9.17) is 4.74 Å². The maximum absolute atomic E-state index is 11.9. The molecule has 2 N–H and O–H groups in total. The van der Waals surface area contributed by atoms with E-state index in [9.17, 15) is 14.4 Å². The zero-order chi connectivity index (χ0) is 19.3. The molecule has 3 amide bonds.